The highest BCUT2D eigenvalue weighted by atomic mass is 127. The molecule has 0 bridgehead atoms. The lowest BCUT2D eigenvalue weighted by Crippen LogP contribution is -1.79. The summed E-state index contributed by atoms with van der Waals surface area (Å²) in [6.45, 7) is 0. The van der Waals surface area contributed by atoms with Crippen molar-refractivity contribution in [1.29, 1.82) is 0 Å². The first-order valence-electron chi connectivity index (χ1n) is 3.61. The Bertz CT molecular complexity index is 474. The van der Waals surface area contributed by atoms with Gasteiger partial charge in [-0.15, -0.1) is 0 Å². The zero-order chi connectivity index (χ0) is 10.1. The largest absolute Gasteiger partial charge is 0.210 e. The minimum atomic E-state index is 0.695. The lowest BCUT2D eigenvalue weighted by atomic mass is 10.2. The van der Waals surface area contributed by atoms with Crippen LogP contribution in [0.3, 0.4) is 0 Å². The Morgan fingerprint density at radius 2 is 2.21 bits per heavy atom. The van der Waals surface area contributed by atoms with E-state index in [-0.39, 0.29) is 0 Å². The first-order chi connectivity index (χ1) is 6.66. The van der Waals surface area contributed by atoms with Gasteiger partial charge in [0.15, 0.2) is 0 Å². The molecular formula is C8H3BrClIN2S. The molecular weight excluding hydrogens is 398 g/mol. The van der Waals surface area contributed by atoms with Crippen LogP contribution in [0.5, 0.6) is 0 Å². The second-order valence-corrected chi connectivity index (χ2v) is 5.53. The molecule has 72 valence electrons. The molecule has 0 amide bonds. The maximum Gasteiger partial charge on any atom is 0.203 e. The summed E-state index contributed by atoms with van der Waals surface area (Å²) in [5.41, 5.74) is 0.918. The standard InChI is InChI=1S/C8H3BrClIN2S/c9-4-1-2-6(10)5(3-4)7-12-8(11)13-14-7/h1-3H. The molecule has 0 fully saturated rings. The summed E-state index contributed by atoms with van der Waals surface area (Å²) in [6.07, 6.45) is 0. The van der Waals surface area contributed by atoms with Crippen LogP contribution in [0, 0.1) is 3.83 Å². The van der Waals surface area contributed by atoms with Gasteiger partial charge in [-0.25, -0.2) is 4.98 Å². The number of benzene rings is 1. The summed E-state index contributed by atoms with van der Waals surface area (Å²) in [5.74, 6) is 0. The number of nitrogens with zero attached hydrogens (tertiary/aromatic N) is 2. The Morgan fingerprint density at radius 3 is 2.86 bits per heavy atom. The first kappa shape index (κ1) is 10.8. The highest BCUT2D eigenvalue weighted by Gasteiger charge is 2.08. The molecule has 0 aliphatic rings. The van der Waals surface area contributed by atoms with E-state index in [1.807, 2.05) is 18.2 Å². The van der Waals surface area contributed by atoms with E-state index >= 15 is 0 Å². The van der Waals surface area contributed by atoms with Crippen LogP contribution < -0.4 is 0 Å². The van der Waals surface area contributed by atoms with Crippen molar-refractivity contribution < 1.29 is 0 Å². The molecule has 0 N–H and O–H groups in total. The molecule has 1 aromatic heterocycles. The van der Waals surface area contributed by atoms with Gasteiger partial charge in [-0.3, -0.25) is 0 Å². The fourth-order valence-corrected chi connectivity index (χ4v) is 2.90. The van der Waals surface area contributed by atoms with Gasteiger partial charge < -0.3 is 0 Å². The lowest BCUT2D eigenvalue weighted by Gasteiger charge is -1.99. The van der Waals surface area contributed by atoms with Crippen LogP contribution in [0.4, 0.5) is 0 Å². The Morgan fingerprint density at radius 1 is 1.43 bits per heavy atom. The lowest BCUT2D eigenvalue weighted by molar-refractivity contribution is 1.25. The Kier molecular flexibility index (Phi) is 3.41. The van der Waals surface area contributed by atoms with E-state index in [2.05, 4.69) is 47.9 Å². The quantitative estimate of drug-likeness (QED) is 0.669. The molecule has 0 unspecified atom stereocenters. The molecule has 0 saturated heterocycles. The molecule has 0 aliphatic heterocycles. The van der Waals surface area contributed by atoms with Gasteiger partial charge in [0.1, 0.15) is 5.01 Å². The molecule has 0 atom stereocenters. The average molecular weight is 401 g/mol. The summed E-state index contributed by atoms with van der Waals surface area (Å²) in [7, 11) is 0. The van der Waals surface area contributed by atoms with Gasteiger partial charge in [0, 0.05) is 32.6 Å². The highest BCUT2D eigenvalue weighted by molar-refractivity contribution is 14.1. The SMILES string of the molecule is Clc1ccc(Br)cc1-c1nc(I)ns1. The molecule has 1 heterocycles. The third-order valence-electron chi connectivity index (χ3n) is 1.56. The van der Waals surface area contributed by atoms with Gasteiger partial charge in [0.2, 0.25) is 3.83 Å². The summed E-state index contributed by atoms with van der Waals surface area (Å²) in [6, 6.07) is 5.69. The van der Waals surface area contributed by atoms with E-state index in [9.17, 15) is 0 Å². The van der Waals surface area contributed by atoms with Crippen molar-refractivity contribution >= 4 is 61.7 Å². The number of hydrogen-bond acceptors (Lipinski definition) is 3. The first-order valence-corrected chi connectivity index (χ1v) is 6.64. The fourth-order valence-electron chi connectivity index (χ4n) is 0.976. The van der Waals surface area contributed by atoms with Crippen LogP contribution >= 0.6 is 61.7 Å². The maximum absolute atomic E-state index is 6.06. The van der Waals surface area contributed by atoms with Gasteiger partial charge in [0.05, 0.1) is 5.02 Å². The molecule has 2 aromatic rings. The van der Waals surface area contributed by atoms with Gasteiger partial charge in [-0.2, -0.15) is 4.37 Å². The number of rotatable bonds is 1. The topological polar surface area (TPSA) is 25.8 Å². The zero-order valence-electron chi connectivity index (χ0n) is 6.67. The smallest absolute Gasteiger partial charge is 0.203 e. The molecule has 0 saturated carbocycles. The predicted molar refractivity (Wildman–Crippen MR) is 70.8 cm³/mol. The van der Waals surface area contributed by atoms with Crippen molar-refractivity contribution in [3.05, 3.63) is 31.5 Å². The van der Waals surface area contributed by atoms with E-state index in [1.54, 1.807) is 0 Å². The molecule has 0 aliphatic carbocycles. The van der Waals surface area contributed by atoms with Crippen molar-refractivity contribution in [2.75, 3.05) is 0 Å². The average Bonchev–Trinajstić information content (AvgIpc) is 2.56. The fraction of sp³-hybridized carbons (Fsp3) is 0. The zero-order valence-corrected chi connectivity index (χ0v) is 12.0. The highest BCUT2D eigenvalue weighted by Crippen LogP contribution is 2.31. The van der Waals surface area contributed by atoms with E-state index in [1.165, 1.54) is 11.5 Å². The molecule has 1 aromatic carbocycles. The third kappa shape index (κ3) is 2.26. The van der Waals surface area contributed by atoms with Crippen molar-refractivity contribution in [2.45, 2.75) is 0 Å². The van der Waals surface area contributed by atoms with Gasteiger partial charge in [0.25, 0.3) is 0 Å². The van der Waals surface area contributed by atoms with E-state index in [4.69, 9.17) is 11.6 Å². The van der Waals surface area contributed by atoms with E-state index in [0.717, 1.165) is 18.9 Å². The Hall–Kier alpha value is 0.280. The summed E-state index contributed by atoms with van der Waals surface area (Å²) in [5, 5.41) is 1.54. The Labute approximate surface area is 112 Å². The van der Waals surface area contributed by atoms with Crippen molar-refractivity contribution in [2.24, 2.45) is 0 Å². The van der Waals surface area contributed by atoms with Crippen LogP contribution in [0.1, 0.15) is 0 Å². The minimum Gasteiger partial charge on any atom is -0.210 e. The monoisotopic (exact) mass is 400 g/mol. The van der Waals surface area contributed by atoms with Crippen LogP contribution in [0.2, 0.25) is 5.02 Å². The normalized spacial score (nSPS) is 10.5. The minimum absolute atomic E-state index is 0.695. The second kappa shape index (κ2) is 4.42. The van der Waals surface area contributed by atoms with Crippen molar-refractivity contribution in [1.82, 2.24) is 9.36 Å². The summed E-state index contributed by atoms with van der Waals surface area (Å²) < 4.78 is 5.84. The van der Waals surface area contributed by atoms with Gasteiger partial charge in [-0.05, 0) is 29.7 Å². The molecule has 0 radical (unpaired) electrons. The van der Waals surface area contributed by atoms with Crippen molar-refractivity contribution in [3.63, 3.8) is 0 Å². The van der Waals surface area contributed by atoms with Crippen LogP contribution in [-0.4, -0.2) is 9.36 Å². The van der Waals surface area contributed by atoms with E-state index in [0.29, 0.717) is 5.02 Å². The van der Waals surface area contributed by atoms with Crippen molar-refractivity contribution in [3.8, 4) is 10.6 Å². The second-order valence-electron chi connectivity index (χ2n) is 2.49. The predicted octanol–water partition coefficient (Wildman–Crippen LogP) is 4.23. The third-order valence-corrected chi connectivity index (χ3v) is 3.94. The van der Waals surface area contributed by atoms with Gasteiger partial charge in [-0.1, -0.05) is 27.5 Å². The van der Waals surface area contributed by atoms with E-state index < -0.39 is 0 Å². The summed E-state index contributed by atoms with van der Waals surface area (Å²) >= 11 is 12.9. The maximum atomic E-state index is 6.06. The number of halogens is 3. The number of aromatic nitrogens is 2. The molecule has 2 rings (SSSR count). The molecule has 14 heavy (non-hydrogen) atoms. The molecule has 0 spiro atoms. The Balaban J connectivity index is 2.55. The summed E-state index contributed by atoms with van der Waals surface area (Å²) in [4.78, 5) is 4.27. The molecule has 2 nitrogen and oxygen atoms in total. The van der Waals surface area contributed by atoms with Crippen LogP contribution in [0.25, 0.3) is 10.6 Å². The van der Waals surface area contributed by atoms with Gasteiger partial charge >= 0.3 is 0 Å². The van der Waals surface area contributed by atoms with Crippen LogP contribution in [-0.2, 0) is 0 Å². The van der Waals surface area contributed by atoms with Crippen LogP contribution in [0.15, 0.2) is 22.7 Å². The number of hydrogen-bond donors (Lipinski definition) is 0. The molecule has 6 heteroatoms.